The van der Waals surface area contributed by atoms with Gasteiger partial charge in [-0.25, -0.2) is 4.39 Å². The van der Waals surface area contributed by atoms with Crippen molar-refractivity contribution in [3.05, 3.63) is 51.5 Å². The van der Waals surface area contributed by atoms with E-state index in [0.717, 1.165) is 15.3 Å². The lowest BCUT2D eigenvalue weighted by Gasteiger charge is -2.37. The van der Waals surface area contributed by atoms with Crippen LogP contribution >= 0.6 is 11.3 Å². The molecule has 0 aliphatic carbocycles. The van der Waals surface area contributed by atoms with E-state index in [1.807, 2.05) is 42.7 Å². The average Bonchev–Trinajstić information content (AvgIpc) is 3.10. The Kier molecular flexibility index (Phi) is 5.92. The molecule has 1 aliphatic heterocycles. The van der Waals surface area contributed by atoms with Gasteiger partial charge in [0.2, 0.25) is 5.91 Å². The Bertz CT molecular complexity index is 844. The first kappa shape index (κ1) is 19.5. The number of carbonyl (C=O) groups excluding carboxylic acids is 2. The Hall–Kier alpha value is -2.25. The molecule has 0 spiro atoms. The summed E-state index contributed by atoms with van der Waals surface area (Å²) in [4.78, 5) is 30.9. The number of amides is 2. The second-order valence-electron chi connectivity index (χ2n) is 6.86. The zero-order chi connectivity index (χ0) is 19.6. The number of nitrogens with zero attached hydrogens (tertiary/aromatic N) is 2. The van der Waals surface area contributed by atoms with E-state index < -0.39 is 0 Å². The van der Waals surface area contributed by atoms with Gasteiger partial charge in [-0.05, 0) is 50.6 Å². The molecule has 2 heterocycles. The number of piperazine rings is 1. The number of aryl methyl sites for hydroxylation is 2. The van der Waals surface area contributed by atoms with Gasteiger partial charge in [-0.2, -0.15) is 0 Å². The minimum absolute atomic E-state index is 0.0558. The Labute approximate surface area is 162 Å². The summed E-state index contributed by atoms with van der Waals surface area (Å²) in [5.74, 6) is -0.489. The monoisotopic (exact) mass is 389 g/mol. The maximum Gasteiger partial charge on any atom is 0.264 e. The second-order valence-corrected chi connectivity index (χ2v) is 8.15. The van der Waals surface area contributed by atoms with Crippen LogP contribution in [0.25, 0.3) is 0 Å². The quantitative estimate of drug-likeness (QED) is 0.873. The van der Waals surface area contributed by atoms with Crippen molar-refractivity contribution in [3.63, 3.8) is 0 Å². The molecular formula is C20H24FN3O2S. The number of carbonyl (C=O) groups is 2. The van der Waals surface area contributed by atoms with Crippen LogP contribution in [-0.2, 0) is 4.79 Å². The van der Waals surface area contributed by atoms with Gasteiger partial charge in [0.05, 0.1) is 10.9 Å². The molecule has 1 saturated heterocycles. The predicted octanol–water partition coefficient (Wildman–Crippen LogP) is 3.29. The van der Waals surface area contributed by atoms with Crippen LogP contribution < -0.4 is 5.32 Å². The first-order valence-corrected chi connectivity index (χ1v) is 9.83. The van der Waals surface area contributed by atoms with Crippen molar-refractivity contribution in [2.45, 2.75) is 26.8 Å². The third kappa shape index (κ3) is 4.54. The first-order chi connectivity index (χ1) is 12.8. The summed E-state index contributed by atoms with van der Waals surface area (Å²) in [5, 5.41) is 2.81. The number of hydrogen-bond acceptors (Lipinski definition) is 4. The molecule has 1 aromatic carbocycles. The van der Waals surface area contributed by atoms with Crippen molar-refractivity contribution in [2.24, 2.45) is 0 Å². The third-order valence-corrected chi connectivity index (χ3v) is 5.93. The number of hydrogen-bond donors (Lipinski definition) is 1. The molecule has 5 nitrogen and oxygen atoms in total. The van der Waals surface area contributed by atoms with E-state index in [2.05, 4.69) is 5.32 Å². The van der Waals surface area contributed by atoms with Crippen molar-refractivity contribution < 1.29 is 14.0 Å². The lowest BCUT2D eigenvalue weighted by molar-refractivity contribution is -0.121. The van der Waals surface area contributed by atoms with E-state index in [4.69, 9.17) is 0 Å². The van der Waals surface area contributed by atoms with Gasteiger partial charge in [0, 0.05) is 36.7 Å². The molecule has 0 saturated carbocycles. The van der Waals surface area contributed by atoms with Crippen LogP contribution in [0, 0.1) is 19.7 Å². The van der Waals surface area contributed by atoms with Crippen LogP contribution in [0.2, 0.25) is 0 Å². The molecule has 144 valence electrons. The lowest BCUT2D eigenvalue weighted by atomic mass is 10.1. The summed E-state index contributed by atoms with van der Waals surface area (Å²) in [5.41, 5.74) is 1.31. The number of nitrogens with one attached hydrogen (secondary N) is 1. The molecule has 7 heteroatoms. The summed E-state index contributed by atoms with van der Waals surface area (Å²) in [6, 6.07) is 7.82. The van der Waals surface area contributed by atoms with Gasteiger partial charge in [-0.1, -0.05) is 6.07 Å². The molecule has 1 aliphatic rings. The summed E-state index contributed by atoms with van der Waals surface area (Å²) in [6.45, 7) is 8.10. The zero-order valence-electron chi connectivity index (χ0n) is 15.8. The summed E-state index contributed by atoms with van der Waals surface area (Å²) in [6.07, 6.45) is 0. The summed E-state index contributed by atoms with van der Waals surface area (Å²) >= 11 is 1.51. The second kappa shape index (κ2) is 8.19. The van der Waals surface area contributed by atoms with Crippen LogP contribution in [0.5, 0.6) is 0 Å². The van der Waals surface area contributed by atoms with Crippen molar-refractivity contribution in [1.29, 1.82) is 0 Å². The Morgan fingerprint density at radius 2 is 1.81 bits per heavy atom. The Balaban J connectivity index is 1.56. The Morgan fingerprint density at radius 1 is 1.11 bits per heavy atom. The van der Waals surface area contributed by atoms with Gasteiger partial charge in [0.25, 0.3) is 5.91 Å². The van der Waals surface area contributed by atoms with Gasteiger partial charge in [-0.15, -0.1) is 11.3 Å². The standard InChI is InChI=1S/C20H24FN3O2S/c1-13-4-6-16(21)12-17(13)22-19(25)15(3)23-8-10-24(11-9-23)20(26)18-7-5-14(2)27-18/h4-7,12,15H,8-11H2,1-3H3,(H,22,25). The largest absolute Gasteiger partial charge is 0.335 e. The maximum atomic E-state index is 13.4. The fourth-order valence-corrected chi connectivity index (χ4v) is 3.98. The maximum absolute atomic E-state index is 13.4. The highest BCUT2D eigenvalue weighted by atomic mass is 32.1. The van der Waals surface area contributed by atoms with Crippen LogP contribution in [0.4, 0.5) is 10.1 Å². The van der Waals surface area contributed by atoms with E-state index in [1.165, 1.54) is 23.5 Å². The molecule has 27 heavy (non-hydrogen) atoms. The molecule has 1 unspecified atom stereocenters. The number of thiophene rings is 1. The highest BCUT2D eigenvalue weighted by Crippen LogP contribution is 2.20. The molecule has 0 radical (unpaired) electrons. The first-order valence-electron chi connectivity index (χ1n) is 9.02. The third-order valence-electron chi connectivity index (χ3n) is 4.94. The lowest BCUT2D eigenvalue weighted by Crippen LogP contribution is -2.54. The van der Waals surface area contributed by atoms with Gasteiger partial charge in [-0.3, -0.25) is 14.5 Å². The van der Waals surface area contributed by atoms with Crippen LogP contribution in [0.3, 0.4) is 0 Å². The SMILES string of the molecule is Cc1ccc(C(=O)N2CCN(C(C)C(=O)Nc3cc(F)ccc3C)CC2)s1. The highest BCUT2D eigenvalue weighted by Gasteiger charge is 2.28. The number of rotatable bonds is 4. The minimum atomic E-state index is -0.375. The van der Waals surface area contributed by atoms with Crippen molar-refractivity contribution in [2.75, 3.05) is 31.5 Å². The predicted molar refractivity (Wildman–Crippen MR) is 106 cm³/mol. The van der Waals surface area contributed by atoms with E-state index in [0.29, 0.717) is 31.9 Å². The fraction of sp³-hybridized carbons (Fsp3) is 0.400. The van der Waals surface area contributed by atoms with Crippen LogP contribution in [0.15, 0.2) is 30.3 Å². The molecular weight excluding hydrogens is 365 g/mol. The minimum Gasteiger partial charge on any atom is -0.335 e. The van der Waals surface area contributed by atoms with E-state index in [1.54, 1.807) is 6.07 Å². The van der Waals surface area contributed by atoms with Crippen LogP contribution in [-0.4, -0.2) is 53.8 Å². The normalized spacial score (nSPS) is 16.2. The van der Waals surface area contributed by atoms with Crippen molar-refractivity contribution in [1.82, 2.24) is 9.80 Å². The van der Waals surface area contributed by atoms with Gasteiger partial charge in [0.15, 0.2) is 0 Å². The van der Waals surface area contributed by atoms with E-state index in [9.17, 15) is 14.0 Å². The summed E-state index contributed by atoms with van der Waals surface area (Å²) in [7, 11) is 0. The van der Waals surface area contributed by atoms with Crippen LogP contribution in [0.1, 0.15) is 27.0 Å². The fourth-order valence-electron chi connectivity index (χ4n) is 3.15. The molecule has 1 atom stereocenters. The van der Waals surface area contributed by atoms with Gasteiger partial charge >= 0.3 is 0 Å². The topological polar surface area (TPSA) is 52.7 Å². The van der Waals surface area contributed by atoms with Gasteiger partial charge in [0.1, 0.15) is 5.82 Å². The van der Waals surface area contributed by atoms with Gasteiger partial charge < -0.3 is 10.2 Å². The highest BCUT2D eigenvalue weighted by molar-refractivity contribution is 7.13. The molecule has 1 aromatic heterocycles. The smallest absolute Gasteiger partial charge is 0.264 e. The summed E-state index contributed by atoms with van der Waals surface area (Å²) < 4.78 is 13.4. The number of anilines is 1. The molecule has 1 fully saturated rings. The molecule has 2 aromatic rings. The number of benzene rings is 1. The zero-order valence-corrected chi connectivity index (χ0v) is 16.6. The van der Waals surface area contributed by atoms with E-state index >= 15 is 0 Å². The molecule has 2 amide bonds. The molecule has 1 N–H and O–H groups in total. The molecule has 0 bridgehead atoms. The Morgan fingerprint density at radius 3 is 2.44 bits per heavy atom. The van der Waals surface area contributed by atoms with E-state index in [-0.39, 0.29) is 23.7 Å². The van der Waals surface area contributed by atoms with Crippen molar-refractivity contribution in [3.8, 4) is 0 Å². The van der Waals surface area contributed by atoms with Crippen molar-refractivity contribution >= 4 is 28.8 Å². The molecule has 3 rings (SSSR count). The average molecular weight is 389 g/mol. The number of halogens is 1.